The van der Waals surface area contributed by atoms with Crippen molar-refractivity contribution in [1.29, 1.82) is 0 Å². The average molecular weight is 435 g/mol. The Kier molecular flexibility index (Phi) is 6.91. The van der Waals surface area contributed by atoms with Crippen LogP contribution >= 0.6 is 35.2 Å². The molecule has 1 heterocycles. The number of nitrogens with one attached hydrogen (secondary N) is 3. The average Bonchev–Trinajstić information content (AvgIpc) is 3.20. The van der Waals surface area contributed by atoms with Crippen LogP contribution in [0.1, 0.15) is 16.1 Å². The second kappa shape index (κ2) is 9.59. The molecule has 0 radical (unpaired) electrons. The predicted molar refractivity (Wildman–Crippen MR) is 116 cm³/mol. The molecule has 1 aromatic heterocycles. The van der Waals surface area contributed by atoms with Crippen LogP contribution in [0.3, 0.4) is 0 Å². The minimum atomic E-state index is -0.356. The van der Waals surface area contributed by atoms with Gasteiger partial charge in [-0.25, -0.2) is 9.37 Å². The first-order chi connectivity index (χ1) is 13.5. The minimum absolute atomic E-state index is 0.251. The largest absolute Gasteiger partial charge is 0.362 e. The zero-order valence-corrected chi connectivity index (χ0v) is 16.9. The number of amides is 1. The SMILES string of the molecule is O=C(Nc1ccc(NC(=S)NCCc2ccc(F)cc2Cl)cc1)c1cscn1. The van der Waals surface area contributed by atoms with E-state index < -0.39 is 0 Å². The maximum Gasteiger partial charge on any atom is 0.275 e. The fraction of sp³-hybridized carbons (Fsp3) is 0.105. The number of carbonyl (C=O) groups excluding carboxylic acids is 1. The van der Waals surface area contributed by atoms with E-state index in [1.165, 1.54) is 23.5 Å². The molecule has 1 amide bonds. The Bertz CT molecular complexity index is 965. The van der Waals surface area contributed by atoms with Gasteiger partial charge in [0, 0.05) is 28.3 Å². The quantitative estimate of drug-likeness (QED) is 0.490. The number of nitrogens with zero attached hydrogens (tertiary/aromatic N) is 1. The van der Waals surface area contributed by atoms with Gasteiger partial charge in [0.25, 0.3) is 5.91 Å². The summed E-state index contributed by atoms with van der Waals surface area (Å²) in [6, 6.07) is 11.5. The van der Waals surface area contributed by atoms with E-state index in [0.29, 0.717) is 34.5 Å². The Labute approximate surface area is 176 Å². The van der Waals surface area contributed by atoms with Crippen molar-refractivity contribution in [3.63, 3.8) is 0 Å². The Balaban J connectivity index is 1.45. The molecule has 0 unspecified atom stereocenters. The zero-order chi connectivity index (χ0) is 19.9. The number of thiazole rings is 1. The molecule has 0 saturated heterocycles. The third kappa shape index (κ3) is 5.72. The van der Waals surface area contributed by atoms with E-state index in [1.807, 2.05) is 12.1 Å². The van der Waals surface area contributed by atoms with Crippen molar-refractivity contribution in [2.24, 2.45) is 0 Å². The first-order valence-corrected chi connectivity index (χ1v) is 10.0. The van der Waals surface area contributed by atoms with Crippen LogP contribution in [0.5, 0.6) is 0 Å². The van der Waals surface area contributed by atoms with Gasteiger partial charge < -0.3 is 16.0 Å². The zero-order valence-electron chi connectivity index (χ0n) is 14.5. The molecule has 0 aliphatic carbocycles. The van der Waals surface area contributed by atoms with Crippen LogP contribution in [-0.4, -0.2) is 22.5 Å². The fourth-order valence-electron chi connectivity index (χ4n) is 2.37. The molecule has 2 aromatic carbocycles. The smallest absolute Gasteiger partial charge is 0.275 e. The van der Waals surface area contributed by atoms with Gasteiger partial charge in [-0.3, -0.25) is 4.79 Å². The van der Waals surface area contributed by atoms with E-state index >= 15 is 0 Å². The highest BCUT2D eigenvalue weighted by atomic mass is 35.5. The standard InChI is InChI=1S/C19H16ClFN4OS2/c20-16-9-13(21)2-1-12(16)7-8-22-19(27)25-15-5-3-14(4-6-15)24-18(26)17-10-28-11-23-17/h1-6,9-11H,7-8H2,(H,24,26)(H2,22,25,27). The summed E-state index contributed by atoms with van der Waals surface area (Å²) in [5.74, 6) is -0.608. The van der Waals surface area contributed by atoms with Gasteiger partial charge in [0.2, 0.25) is 0 Å². The van der Waals surface area contributed by atoms with Gasteiger partial charge in [-0.2, -0.15) is 0 Å². The first-order valence-electron chi connectivity index (χ1n) is 8.29. The molecule has 0 aliphatic rings. The highest BCUT2D eigenvalue weighted by Crippen LogP contribution is 2.18. The topological polar surface area (TPSA) is 66.1 Å². The highest BCUT2D eigenvalue weighted by Gasteiger charge is 2.08. The van der Waals surface area contributed by atoms with Crippen LogP contribution < -0.4 is 16.0 Å². The molecule has 0 aliphatic heterocycles. The molecule has 3 aromatic rings. The van der Waals surface area contributed by atoms with E-state index in [0.717, 1.165) is 11.3 Å². The summed E-state index contributed by atoms with van der Waals surface area (Å²) in [7, 11) is 0. The van der Waals surface area contributed by atoms with E-state index in [-0.39, 0.29) is 11.7 Å². The molecule has 3 rings (SSSR count). The molecule has 9 heteroatoms. The van der Waals surface area contributed by atoms with Crippen molar-refractivity contribution >= 4 is 57.5 Å². The molecule has 0 bridgehead atoms. The van der Waals surface area contributed by atoms with Crippen molar-refractivity contribution in [3.8, 4) is 0 Å². The Hall–Kier alpha value is -2.55. The van der Waals surface area contributed by atoms with E-state index in [1.54, 1.807) is 29.1 Å². The summed E-state index contributed by atoms with van der Waals surface area (Å²) in [4.78, 5) is 15.9. The number of hydrogen-bond donors (Lipinski definition) is 3. The number of thiocarbonyl (C=S) groups is 1. The molecule has 0 fully saturated rings. The number of anilines is 2. The van der Waals surface area contributed by atoms with Gasteiger partial charge in [-0.1, -0.05) is 17.7 Å². The van der Waals surface area contributed by atoms with Gasteiger partial charge in [-0.15, -0.1) is 11.3 Å². The summed E-state index contributed by atoms with van der Waals surface area (Å²) < 4.78 is 13.1. The second-order valence-electron chi connectivity index (χ2n) is 5.77. The normalized spacial score (nSPS) is 10.4. The Morgan fingerprint density at radius 3 is 2.50 bits per heavy atom. The van der Waals surface area contributed by atoms with Crippen molar-refractivity contribution in [1.82, 2.24) is 10.3 Å². The molecule has 0 spiro atoms. The monoisotopic (exact) mass is 434 g/mol. The van der Waals surface area contributed by atoms with E-state index in [9.17, 15) is 9.18 Å². The maximum atomic E-state index is 13.1. The van der Waals surface area contributed by atoms with Crippen LogP contribution in [0.2, 0.25) is 5.02 Å². The van der Waals surface area contributed by atoms with Gasteiger partial charge in [0.1, 0.15) is 11.5 Å². The summed E-state index contributed by atoms with van der Waals surface area (Å²) in [5, 5.41) is 11.5. The summed E-state index contributed by atoms with van der Waals surface area (Å²) in [5.41, 5.74) is 4.29. The van der Waals surface area contributed by atoms with Gasteiger partial charge in [0.15, 0.2) is 5.11 Å². The number of hydrogen-bond acceptors (Lipinski definition) is 4. The third-order valence-electron chi connectivity index (χ3n) is 3.76. The highest BCUT2D eigenvalue weighted by molar-refractivity contribution is 7.80. The summed E-state index contributed by atoms with van der Waals surface area (Å²) in [6.45, 7) is 0.555. The molecule has 0 saturated carbocycles. The fourth-order valence-corrected chi connectivity index (χ4v) is 3.38. The molecule has 28 heavy (non-hydrogen) atoms. The summed E-state index contributed by atoms with van der Waals surface area (Å²) >= 11 is 12.6. The molecule has 5 nitrogen and oxygen atoms in total. The molecular weight excluding hydrogens is 419 g/mol. The van der Waals surface area contributed by atoms with Crippen LogP contribution in [0.25, 0.3) is 0 Å². The maximum absolute atomic E-state index is 13.1. The van der Waals surface area contributed by atoms with Crippen LogP contribution in [0.4, 0.5) is 15.8 Å². The molecular formula is C19H16ClFN4OS2. The van der Waals surface area contributed by atoms with Gasteiger partial charge in [-0.05, 0) is 60.6 Å². The third-order valence-corrected chi connectivity index (χ3v) is 4.95. The number of aromatic nitrogens is 1. The van der Waals surface area contributed by atoms with E-state index in [4.69, 9.17) is 23.8 Å². The lowest BCUT2D eigenvalue weighted by Crippen LogP contribution is -2.30. The van der Waals surface area contributed by atoms with Crippen molar-refractivity contribution in [3.05, 3.63) is 75.5 Å². The van der Waals surface area contributed by atoms with Crippen molar-refractivity contribution in [2.75, 3.05) is 17.2 Å². The molecule has 0 atom stereocenters. The van der Waals surface area contributed by atoms with Gasteiger partial charge in [0.05, 0.1) is 5.51 Å². The van der Waals surface area contributed by atoms with E-state index in [2.05, 4.69) is 20.9 Å². The van der Waals surface area contributed by atoms with Crippen molar-refractivity contribution in [2.45, 2.75) is 6.42 Å². The Morgan fingerprint density at radius 2 is 1.86 bits per heavy atom. The first kappa shape index (κ1) is 20.2. The minimum Gasteiger partial charge on any atom is -0.362 e. The van der Waals surface area contributed by atoms with Crippen molar-refractivity contribution < 1.29 is 9.18 Å². The Morgan fingerprint density at radius 1 is 1.14 bits per heavy atom. The van der Waals surface area contributed by atoms with Gasteiger partial charge >= 0.3 is 0 Å². The lowest BCUT2D eigenvalue weighted by Gasteiger charge is -2.12. The van der Waals surface area contributed by atoms with Crippen LogP contribution in [-0.2, 0) is 6.42 Å². The number of rotatable bonds is 6. The second-order valence-corrected chi connectivity index (χ2v) is 7.31. The molecule has 144 valence electrons. The predicted octanol–water partition coefficient (Wildman–Crippen LogP) is 4.72. The van der Waals surface area contributed by atoms with Crippen LogP contribution in [0.15, 0.2) is 53.4 Å². The van der Waals surface area contributed by atoms with Crippen LogP contribution in [0, 0.1) is 5.82 Å². The lowest BCUT2D eigenvalue weighted by atomic mass is 10.1. The lowest BCUT2D eigenvalue weighted by molar-refractivity contribution is 0.102. The summed E-state index contributed by atoms with van der Waals surface area (Å²) in [6.07, 6.45) is 0.614. The molecule has 3 N–H and O–H groups in total. The number of halogens is 2. The number of benzene rings is 2. The number of carbonyl (C=O) groups is 1.